The summed E-state index contributed by atoms with van der Waals surface area (Å²) >= 11 is 0. The molecule has 1 heterocycles. The van der Waals surface area contributed by atoms with Crippen molar-refractivity contribution in [1.82, 2.24) is 10.2 Å². The second-order valence-corrected chi connectivity index (χ2v) is 5.63. The number of nitrogens with zero attached hydrogens (tertiary/aromatic N) is 1. The number of hydrogen-bond donors (Lipinski definition) is 1. The van der Waals surface area contributed by atoms with E-state index in [0.29, 0.717) is 31.7 Å². The summed E-state index contributed by atoms with van der Waals surface area (Å²) in [4.78, 5) is 26.8. The third-order valence-electron chi connectivity index (χ3n) is 4.00. The van der Waals surface area contributed by atoms with Crippen LogP contribution in [0.3, 0.4) is 0 Å². The fraction of sp³-hybridized carbons (Fsp3) is 0.733. The highest BCUT2D eigenvalue weighted by atomic mass is 16.2. The Balaban J connectivity index is 3.09. The van der Waals surface area contributed by atoms with Crippen molar-refractivity contribution < 1.29 is 9.59 Å². The van der Waals surface area contributed by atoms with Crippen LogP contribution in [0, 0.1) is 5.92 Å². The number of carbonyl (C=O) groups is 2. The van der Waals surface area contributed by atoms with Crippen LogP contribution in [0.25, 0.3) is 0 Å². The molecule has 0 aromatic carbocycles. The first kappa shape index (κ1) is 15.7. The third-order valence-corrected chi connectivity index (χ3v) is 4.00. The van der Waals surface area contributed by atoms with Crippen LogP contribution < -0.4 is 5.32 Å². The fourth-order valence-corrected chi connectivity index (χ4v) is 2.85. The van der Waals surface area contributed by atoms with E-state index >= 15 is 0 Å². The molecule has 0 aromatic heterocycles. The van der Waals surface area contributed by atoms with Gasteiger partial charge in [-0.1, -0.05) is 33.8 Å². The van der Waals surface area contributed by atoms with Gasteiger partial charge in [0.1, 0.15) is 11.6 Å². The lowest BCUT2D eigenvalue weighted by Gasteiger charge is -2.47. The maximum Gasteiger partial charge on any atom is 0.246 e. The minimum absolute atomic E-state index is 0.0235. The molecule has 1 rings (SSSR count). The van der Waals surface area contributed by atoms with Gasteiger partial charge in [0.2, 0.25) is 11.8 Å². The number of amides is 2. The van der Waals surface area contributed by atoms with Crippen LogP contribution in [0.1, 0.15) is 47.0 Å². The Hall–Kier alpha value is -1.32. The van der Waals surface area contributed by atoms with Crippen LogP contribution in [0.5, 0.6) is 0 Å². The highest BCUT2D eigenvalue weighted by Gasteiger charge is 2.49. The molecule has 0 bridgehead atoms. The average Bonchev–Trinajstić information content (AvgIpc) is 2.36. The zero-order chi connectivity index (χ0) is 14.6. The molecule has 0 saturated carbocycles. The largest absolute Gasteiger partial charge is 0.342 e. The van der Waals surface area contributed by atoms with E-state index in [-0.39, 0.29) is 11.8 Å². The van der Waals surface area contributed by atoms with E-state index in [4.69, 9.17) is 0 Å². The number of piperazine rings is 1. The number of nitrogens with one attached hydrogen (secondary N) is 1. The minimum Gasteiger partial charge on any atom is -0.342 e. The second-order valence-electron chi connectivity index (χ2n) is 5.63. The van der Waals surface area contributed by atoms with Crippen LogP contribution in [0.15, 0.2) is 12.7 Å². The van der Waals surface area contributed by atoms with Crippen LogP contribution in [0.4, 0.5) is 0 Å². The first-order chi connectivity index (χ1) is 8.92. The average molecular weight is 266 g/mol. The van der Waals surface area contributed by atoms with Gasteiger partial charge in [-0.05, 0) is 25.2 Å². The predicted molar refractivity (Wildman–Crippen MR) is 76.6 cm³/mol. The van der Waals surface area contributed by atoms with Gasteiger partial charge in [-0.25, -0.2) is 0 Å². The molecule has 0 radical (unpaired) electrons. The number of rotatable bonds is 6. The smallest absolute Gasteiger partial charge is 0.246 e. The topological polar surface area (TPSA) is 49.4 Å². The standard InChI is InChI=1S/C15H26N2O2/c1-6-9-17-13(18)12(10-11(4)5)16-14(19)15(17,7-2)8-3/h6,11-12H,1,7-10H2,2-5H3,(H,16,19). The molecule has 0 aliphatic carbocycles. The molecule has 19 heavy (non-hydrogen) atoms. The van der Waals surface area contributed by atoms with Crippen LogP contribution in [0.2, 0.25) is 0 Å². The quantitative estimate of drug-likeness (QED) is 0.749. The first-order valence-corrected chi connectivity index (χ1v) is 7.16. The molecule has 1 aliphatic rings. The Bertz CT molecular complexity index is 359. The minimum atomic E-state index is -0.710. The lowest BCUT2D eigenvalue weighted by molar-refractivity contribution is -0.157. The van der Waals surface area contributed by atoms with Gasteiger partial charge < -0.3 is 10.2 Å². The molecule has 1 aliphatic heterocycles. The summed E-state index contributed by atoms with van der Waals surface area (Å²) in [5, 5.41) is 2.91. The molecule has 4 nitrogen and oxygen atoms in total. The highest BCUT2D eigenvalue weighted by Crippen LogP contribution is 2.30. The van der Waals surface area contributed by atoms with Gasteiger partial charge >= 0.3 is 0 Å². The Morgan fingerprint density at radius 3 is 2.37 bits per heavy atom. The van der Waals surface area contributed by atoms with Gasteiger partial charge in [-0.2, -0.15) is 0 Å². The molecule has 4 heteroatoms. The van der Waals surface area contributed by atoms with Gasteiger partial charge in [0.25, 0.3) is 0 Å². The summed E-state index contributed by atoms with van der Waals surface area (Å²) in [6.07, 6.45) is 3.64. The first-order valence-electron chi connectivity index (χ1n) is 7.16. The molecular formula is C15H26N2O2. The Morgan fingerprint density at radius 2 is 1.95 bits per heavy atom. The second kappa shape index (κ2) is 6.22. The molecule has 0 spiro atoms. The summed E-state index contributed by atoms with van der Waals surface area (Å²) in [7, 11) is 0. The van der Waals surface area contributed by atoms with Crippen molar-refractivity contribution in [3.8, 4) is 0 Å². The van der Waals surface area contributed by atoms with E-state index in [0.717, 1.165) is 0 Å². The molecule has 1 atom stereocenters. The van der Waals surface area contributed by atoms with Crippen molar-refractivity contribution in [2.24, 2.45) is 5.92 Å². The van der Waals surface area contributed by atoms with E-state index < -0.39 is 11.6 Å². The highest BCUT2D eigenvalue weighted by molar-refractivity contribution is 5.99. The Morgan fingerprint density at radius 1 is 1.37 bits per heavy atom. The van der Waals surface area contributed by atoms with E-state index in [1.807, 2.05) is 13.8 Å². The van der Waals surface area contributed by atoms with E-state index in [1.54, 1.807) is 11.0 Å². The zero-order valence-corrected chi connectivity index (χ0v) is 12.5. The lowest BCUT2D eigenvalue weighted by atomic mass is 9.84. The molecule has 0 aromatic rings. The van der Waals surface area contributed by atoms with Crippen molar-refractivity contribution in [2.45, 2.75) is 58.5 Å². The van der Waals surface area contributed by atoms with E-state index in [1.165, 1.54) is 0 Å². The molecular weight excluding hydrogens is 240 g/mol. The van der Waals surface area contributed by atoms with Gasteiger partial charge in [-0.3, -0.25) is 9.59 Å². The molecule has 2 amide bonds. The fourth-order valence-electron chi connectivity index (χ4n) is 2.85. The predicted octanol–water partition coefficient (Wildman–Crippen LogP) is 2.10. The summed E-state index contributed by atoms with van der Waals surface area (Å²) in [5.41, 5.74) is -0.710. The van der Waals surface area contributed by atoms with E-state index in [9.17, 15) is 9.59 Å². The van der Waals surface area contributed by atoms with Crippen LogP contribution in [-0.4, -0.2) is 34.8 Å². The number of hydrogen-bond acceptors (Lipinski definition) is 2. The summed E-state index contributed by atoms with van der Waals surface area (Å²) in [6.45, 7) is 12.2. The van der Waals surface area contributed by atoms with Crippen molar-refractivity contribution in [3.05, 3.63) is 12.7 Å². The molecule has 1 saturated heterocycles. The molecule has 108 valence electrons. The molecule has 1 unspecified atom stereocenters. The maximum atomic E-state index is 12.6. The van der Waals surface area contributed by atoms with Crippen molar-refractivity contribution in [3.63, 3.8) is 0 Å². The maximum absolute atomic E-state index is 12.6. The SMILES string of the molecule is C=CCN1C(=O)C(CC(C)C)NC(=O)C1(CC)CC. The summed E-state index contributed by atoms with van der Waals surface area (Å²) < 4.78 is 0. The zero-order valence-electron chi connectivity index (χ0n) is 12.5. The van der Waals surface area contributed by atoms with Crippen LogP contribution >= 0.6 is 0 Å². The van der Waals surface area contributed by atoms with E-state index in [2.05, 4.69) is 25.7 Å². The molecule has 1 N–H and O–H groups in total. The monoisotopic (exact) mass is 266 g/mol. The van der Waals surface area contributed by atoms with Crippen molar-refractivity contribution >= 4 is 11.8 Å². The van der Waals surface area contributed by atoms with Gasteiger partial charge in [0, 0.05) is 6.54 Å². The van der Waals surface area contributed by atoms with Gasteiger partial charge in [0.05, 0.1) is 0 Å². The molecule has 1 fully saturated rings. The van der Waals surface area contributed by atoms with Gasteiger partial charge in [0.15, 0.2) is 0 Å². The normalized spacial score (nSPS) is 22.6. The summed E-state index contributed by atoms with van der Waals surface area (Å²) in [6, 6.07) is -0.390. The lowest BCUT2D eigenvalue weighted by Crippen LogP contribution is -2.70. The Kier molecular flexibility index (Phi) is 5.15. The Labute approximate surface area is 116 Å². The van der Waals surface area contributed by atoms with Crippen LogP contribution in [-0.2, 0) is 9.59 Å². The van der Waals surface area contributed by atoms with Crippen molar-refractivity contribution in [2.75, 3.05) is 6.54 Å². The van der Waals surface area contributed by atoms with Crippen molar-refractivity contribution in [1.29, 1.82) is 0 Å². The number of carbonyl (C=O) groups excluding carboxylic acids is 2. The van der Waals surface area contributed by atoms with Gasteiger partial charge in [-0.15, -0.1) is 6.58 Å². The summed E-state index contributed by atoms with van der Waals surface area (Å²) in [5.74, 6) is 0.372. The third kappa shape index (κ3) is 2.82.